The number of amides is 1. The largest absolute Gasteiger partial charge is 0.381 e. The van der Waals surface area contributed by atoms with Crippen LogP contribution in [-0.4, -0.2) is 39.8 Å². The Kier molecular flexibility index (Phi) is 4.99. The second-order valence-electron chi connectivity index (χ2n) is 7.25. The van der Waals surface area contributed by atoms with Crippen LogP contribution in [-0.2, 0) is 21.6 Å². The molecule has 0 aliphatic carbocycles. The maximum absolute atomic E-state index is 12.7. The van der Waals surface area contributed by atoms with Crippen LogP contribution in [0.1, 0.15) is 25.1 Å². The number of aryl methyl sites for hydroxylation is 1. The molecule has 0 bridgehead atoms. The van der Waals surface area contributed by atoms with Gasteiger partial charge in [0.05, 0.1) is 23.0 Å². The Morgan fingerprint density at radius 3 is 2.70 bits per heavy atom. The van der Waals surface area contributed by atoms with Gasteiger partial charge in [-0.05, 0) is 44.0 Å². The maximum Gasteiger partial charge on any atom is 0.222 e. The number of imidazole rings is 1. The van der Waals surface area contributed by atoms with E-state index in [-0.39, 0.29) is 11.4 Å². The molecule has 1 amide bonds. The Labute approximate surface area is 159 Å². The summed E-state index contributed by atoms with van der Waals surface area (Å²) < 4.78 is 9.87. The second kappa shape index (κ2) is 7.56. The molecule has 1 aliphatic rings. The number of nitrogens with zero attached hydrogens (tertiary/aromatic N) is 3. The predicted octanol–water partition coefficient (Wildman–Crippen LogP) is 2.86. The third-order valence-electron chi connectivity index (χ3n) is 5.57. The van der Waals surface area contributed by atoms with Crippen LogP contribution in [0.4, 0.5) is 0 Å². The number of carbonyl (C=O) groups excluding carboxylic acids is 1. The molecule has 142 valence electrons. The van der Waals surface area contributed by atoms with E-state index in [4.69, 9.17) is 4.74 Å². The van der Waals surface area contributed by atoms with Gasteiger partial charge in [-0.2, -0.15) is 0 Å². The Hall–Kier alpha value is -2.60. The van der Waals surface area contributed by atoms with Gasteiger partial charge >= 0.3 is 0 Å². The molecule has 6 heteroatoms. The summed E-state index contributed by atoms with van der Waals surface area (Å²) in [6.45, 7) is 4.72. The number of hydrogen-bond acceptors (Lipinski definition) is 3. The molecular weight excluding hydrogens is 340 g/mol. The van der Waals surface area contributed by atoms with Gasteiger partial charge in [0, 0.05) is 38.7 Å². The summed E-state index contributed by atoms with van der Waals surface area (Å²) in [7, 11) is 0. The van der Waals surface area contributed by atoms with E-state index in [1.807, 2.05) is 37.3 Å². The van der Waals surface area contributed by atoms with Crippen LogP contribution >= 0.6 is 0 Å². The van der Waals surface area contributed by atoms with Gasteiger partial charge in [0.2, 0.25) is 5.91 Å². The average molecular weight is 366 g/mol. The first-order valence-corrected chi connectivity index (χ1v) is 9.58. The molecule has 3 aromatic rings. The van der Waals surface area contributed by atoms with Gasteiger partial charge in [0.1, 0.15) is 5.82 Å². The zero-order chi connectivity index (χ0) is 18.7. The summed E-state index contributed by atoms with van der Waals surface area (Å²) in [5.74, 6) is 1.06. The molecular formula is C21H26N4O2. The lowest BCUT2D eigenvalue weighted by Crippen LogP contribution is -2.43. The molecule has 6 nitrogen and oxygen atoms in total. The van der Waals surface area contributed by atoms with Crippen LogP contribution in [0.2, 0.25) is 0 Å². The van der Waals surface area contributed by atoms with Gasteiger partial charge in [-0.1, -0.05) is 12.1 Å². The van der Waals surface area contributed by atoms with Gasteiger partial charge in [-0.3, -0.25) is 4.79 Å². The van der Waals surface area contributed by atoms with Crippen LogP contribution in [0.15, 0.2) is 48.8 Å². The molecule has 4 rings (SSSR count). The van der Waals surface area contributed by atoms with Crippen molar-refractivity contribution in [1.29, 1.82) is 0 Å². The molecule has 1 N–H and O–H groups in total. The lowest BCUT2D eigenvalue weighted by atomic mass is 9.86. The summed E-state index contributed by atoms with van der Waals surface area (Å²) in [6.07, 6.45) is 6.31. The maximum atomic E-state index is 12.7. The number of aromatic nitrogens is 3. The molecule has 3 heterocycles. The molecule has 1 saturated heterocycles. The highest BCUT2D eigenvalue weighted by Gasteiger charge is 2.36. The molecule has 0 unspecified atom stereocenters. The highest BCUT2D eigenvalue weighted by atomic mass is 16.5. The first kappa shape index (κ1) is 17.8. The zero-order valence-corrected chi connectivity index (χ0v) is 15.7. The van der Waals surface area contributed by atoms with Crippen molar-refractivity contribution in [2.45, 2.75) is 38.3 Å². The summed E-state index contributed by atoms with van der Waals surface area (Å²) >= 11 is 0. The van der Waals surface area contributed by atoms with Crippen LogP contribution < -0.4 is 5.32 Å². The van der Waals surface area contributed by atoms with Crippen molar-refractivity contribution < 1.29 is 9.53 Å². The van der Waals surface area contributed by atoms with Crippen LogP contribution in [0.25, 0.3) is 11.0 Å². The lowest BCUT2D eigenvalue weighted by molar-refractivity contribution is -0.124. The number of nitrogens with one attached hydrogen (secondary N) is 1. The van der Waals surface area contributed by atoms with E-state index < -0.39 is 0 Å². The van der Waals surface area contributed by atoms with Crippen molar-refractivity contribution in [1.82, 2.24) is 19.4 Å². The van der Waals surface area contributed by atoms with E-state index in [0.29, 0.717) is 26.2 Å². The first-order valence-electron chi connectivity index (χ1n) is 9.58. The van der Waals surface area contributed by atoms with Crippen molar-refractivity contribution in [3.8, 4) is 0 Å². The summed E-state index contributed by atoms with van der Waals surface area (Å²) in [5, 5.41) is 3.11. The molecule has 1 fully saturated rings. The Bertz CT molecular complexity index is 908. The fourth-order valence-electron chi connectivity index (χ4n) is 4.08. The molecule has 0 saturated carbocycles. The highest BCUT2D eigenvalue weighted by molar-refractivity contribution is 5.77. The number of ether oxygens (including phenoxy) is 1. The Morgan fingerprint density at radius 2 is 1.93 bits per heavy atom. The normalized spacial score (nSPS) is 16.5. The monoisotopic (exact) mass is 366 g/mol. The topological polar surface area (TPSA) is 61.1 Å². The van der Waals surface area contributed by atoms with E-state index >= 15 is 0 Å². The lowest BCUT2D eigenvalue weighted by Gasteiger charge is -2.38. The molecule has 0 spiro atoms. The fourth-order valence-corrected chi connectivity index (χ4v) is 4.08. The zero-order valence-electron chi connectivity index (χ0n) is 15.7. The van der Waals surface area contributed by atoms with Gasteiger partial charge in [0.15, 0.2) is 0 Å². The standard InChI is InChI=1S/C21H26N4O2/c1-17-23-18-6-2-3-7-19(18)25(17)13-10-22-20(26)16-21(8-14-27-15-9-21)24-11-4-5-12-24/h2-7,11-12H,8-10,13-16H2,1H3,(H,22,26). The average Bonchev–Trinajstić information content (AvgIpc) is 3.31. The van der Waals surface area contributed by atoms with Gasteiger partial charge < -0.3 is 19.2 Å². The smallest absolute Gasteiger partial charge is 0.222 e. The van der Waals surface area contributed by atoms with Crippen LogP contribution in [0.3, 0.4) is 0 Å². The minimum absolute atomic E-state index is 0.0904. The summed E-state index contributed by atoms with van der Waals surface area (Å²) in [4.78, 5) is 17.3. The van der Waals surface area contributed by atoms with Crippen LogP contribution in [0.5, 0.6) is 0 Å². The number of fused-ring (bicyclic) bond motifs is 1. The van der Waals surface area contributed by atoms with E-state index in [1.54, 1.807) is 0 Å². The van der Waals surface area contributed by atoms with Gasteiger partial charge in [0.25, 0.3) is 0 Å². The second-order valence-corrected chi connectivity index (χ2v) is 7.25. The minimum atomic E-state index is -0.177. The van der Waals surface area contributed by atoms with Crippen molar-refractivity contribution in [2.75, 3.05) is 19.8 Å². The number of carbonyl (C=O) groups is 1. The summed E-state index contributed by atoms with van der Waals surface area (Å²) in [5.41, 5.74) is 1.93. The highest BCUT2D eigenvalue weighted by Crippen LogP contribution is 2.32. The number of hydrogen-bond donors (Lipinski definition) is 1. The molecule has 0 atom stereocenters. The Balaban J connectivity index is 1.39. The van der Waals surface area contributed by atoms with Crippen molar-refractivity contribution in [3.05, 3.63) is 54.6 Å². The number of rotatable bonds is 6. The van der Waals surface area contributed by atoms with Crippen LogP contribution in [0, 0.1) is 6.92 Å². The first-order chi connectivity index (χ1) is 13.2. The van der Waals surface area contributed by atoms with Gasteiger partial charge in [-0.15, -0.1) is 0 Å². The number of benzene rings is 1. The van der Waals surface area contributed by atoms with Crippen molar-refractivity contribution >= 4 is 16.9 Å². The fraction of sp³-hybridized carbons (Fsp3) is 0.429. The van der Waals surface area contributed by atoms with Crippen molar-refractivity contribution in [3.63, 3.8) is 0 Å². The minimum Gasteiger partial charge on any atom is -0.381 e. The molecule has 1 aliphatic heterocycles. The van der Waals surface area contributed by atoms with Crippen molar-refractivity contribution in [2.24, 2.45) is 0 Å². The Morgan fingerprint density at radius 1 is 1.19 bits per heavy atom. The van der Waals surface area contributed by atoms with E-state index in [1.165, 1.54) is 0 Å². The van der Waals surface area contributed by atoms with E-state index in [9.17, 15) is 4.79 Å². The third kappa shape index (κ3) is 3.62. The molecule has 1 aromatic carbocycles. The SMILES string of the molecule is Cc1nc2ccccc2n1CCNC(=O)CC1(n2cccc2)CCOCC1. The molecule has 27 heavy (non-hydrogen) atoms. The van der Waals surface area contributed by atoms with Gasteiger partial charge in [-0.25, -0.2) is 4.98 Å². The third-order valence-corrected chi connectivity index (χ3v) is 5.57. The quantitative estimate of drug-likeness (QED) is 0.730. The predicted molar refractivity (Wildman–Crippen MR) is 105 cm³/mol. The molecule has 0 radical (unpaired) electrons. The van der Waals surface area contributed by atoms with E-state index in [0.717, 1.165) is 36.2 Å². The molecule has 2 aromatic heterocycles. The number of para-hydroxylation sites is 2. The van der Waals surface area contributed by atoms with E-state index in [2.05, 4.69) is 37.9 Å². The summed E-state index contributed by atoms with van der Waals surface area (Å²) in [6, 6.07) is 12.1.